The summed E-state index contributed by atoms with van der Waals surface area (Å²) in [4.78, 5) is 71.6. The number of fused-ring (bicyclic) bond motifs is 6. The number of cyclic esters (lactones) is 1. The molecule has 0 saturated carbocycles. The van der Waals surface area contributed by atoms with Gasteiger partial charge in [-0.15, -0.1) is 0 Å². The van der Waals surface area contributed by atoms with Crippen LogP contribution < -0.4 is 10.7 Å². The molecule has 4 aromatic rings. The SMILES string of the molecule is C=CC(=O)N1CCC(F)(C(=O)N(C)C(C(=O)NC2Cc3cc(O)cc(c3)-c3ccc4c(c3)c(c(-c3ccccc3CCOC)n4CC)CC(C)(C)COC(=O)[C@@H]3CCCN(N3)C2=O)=C(C)C)CC1. The number of aromatic hydroxyl groups is 1. The highest BCUT2D eigenvalue weighted by molar-refractivity contribution is 6.02. The Morgan fingerprint density at radius 2 is 1.78 bits per heavy atom. The minimum absolute atomic E-state index is 0.000283. The zero-order valence-corrected chi connectivity index (χ0v) is 40.4. The highest BCUT2D eigenvalue weighted by Crippen LogP contribution is 2.42. The number of benzene rings is 3. The maximum absolute atomic E-state index is 16.4. The third-order valence-corrected chi connectivity index (χ3v) is 13.4. The van der Waals surface area contributed by atoms with Crippen molar-refractivity contribution in [1.82, 2.24) is 30.1 Å². The summed E-state index contributed by atoms with van der Waals surface area (Å²) in [7, 11) is 3.02. The molecule has 0 radical (unpaired) electrons. The standard InChI is InChI=1S/C53H65FN6O8/c1-9-45(62)58-23-20-53(54,21-24-58)51(66)57(7)46(33(3)4)48(63)55-43-28-34-26-37(29-38(61)27-34)36-17-18-44-40(30-36)41(47(59(44)10-2)39-15-12-11-14-35(39)19-25-67-8)31-52(5,6)32-68-50(65)42-16-13-22-60(56-42)49(43)64/h9,11-12,14-15,17-18,26-27,29-30,42-43,56,61H,1,10,13,16,19-25,28,31-32H2,2-8H3,(H,55,63)/t42-,43?/m0/s1. The van der Waals surface area contributed by atoms with Crippen molar-refractivity contribution in [1.29, 1.82) is 0 Å². The Morgan fingerprint density at radius 1 is 1.04 bits per heavy atom. The Morgan fingerprint density at radius 3 is 2.47 bits per heavy atom. The number of aromatic nitrogens is 1. The number of aryl methyl sites for hydroxylation is 1. The van der Waals surface area contributed by atoms with Gasteiger partial charge in [-0.05, 0) is 110 Å². The monoisotopic (exact) mass is 932 g/mol. The quantitative estimate of drug-likeness (QED) is 0.115. The van der Waals surface area contributed by atoms with E-state index in [4.69, 9.17) is 9.47 Å². The molecule has 14 nitrogen and oxygen atoms in total. The van der Waals surface area contributed by atoms with Crippen molar-refractivity contribution in [2.45, 2.75) is 104 Å². The first-order chi connectivity index (χ1) is 32.4. The highest BCUT2D eigenvalue weighted by Gasteiger charge is 2.46. The number of esters is 1. The van der Waals surface area contributed by atoms with Crippen molar-refractivity contribution < 1.29 is 42.9 Å². The van der Waals surface area contributed by atoms with E-state index in [9.17, 15) is 29.1 Å². The lowest BCUT2D eigenvalue weighted by molar-refractivity contribution is -0.155. The summed E-state index contributed by atoms with van der Waals surface area (Å²) in [6, 6.07) is 17.5. The van der Waals surface area contributed by atoms with Gasteiger partial charge in [-0.3, -0.25) is 29.0 Å². The molecular weight excluding hydrogens is 868 g/mol. The Hall–Kier alpha value is -6.32. The second kappa shape index (κ2) is 20.5. The second-order valence-electron chi connectivity index (χ2n) is 19.3. The molecule has 362 valence electrons. The minimum atomic E-state index is -2.35. The van der Waals surface area contributed by atoms with E-state index >= 15 is 4.39 Å². The van der Waals surface area contributed by atoms with Gasteiger partial charge in [-0.1, -0.05) is 56.8 Å². The van der Waals surface area contributed by atoms with Crippen molar-refractivity contribution in [2.75, 3.05) is 47.0 Å². The second-order valence-corrected chi connectivity index (χ2v) is 19.3. The third kappa shape index (κ3) is 10.4. The lowest BCUT2D eigenvalue weighted by Crippen LogP contribution is -2.61. The average Bonchev–Trinajstić information content (AvgIpc) is 3.62. The van der Waals surface area contributed by atoms with Gasteiger partial charge in [0.2, 0.25) is 5.91 Å². The van der Waals surface area contributed by atoms with Gasteiger partial charge < -0.3 is 34.3 Å². The fourth-order valence-electron chi connectivity index (χ4n) is 9.96. The fraction of sp³-hybridized carbons (Fsp3) is 0.453. The van der Waals surface area contributed by atoms with E-state index in [1.165, 1.54) is 17.0 Å². The first kappa shape index (κ1) is 49.6. The summed E-state index contributed by atoms with van der Waals surface area (Å²) in [6.07, 6.45) is 2.67. The molecular formula is C53H65FN6O8. The number of phenolic OH excluding ortho intramolecular Hbond substituents is 1. The van der Waals surface area contributed by atoms with Crippen LogP contribution in [0.5, 0.6) is 5.75 Å². The molecule has 3 aliphatic heterocycles. The van der Waals surface area contributed by atoms with Crippen molar-refractivity contribution in [3.8, 4) is 28.1 Å². The van der Waals surface area contributed by atoms with Crippen LogP contribution in [0.3, 0.4) is 0 Å². The van der Waals surface area contributed by atoms with E-state index in [-0.39, 0.29) is 62.9 Å². The first-order valence-corrected chi connectivity index (χ1v) is 23.5. The normalized spacial score (nSPS) is 19.4. The number of phenols is 1. The number of likely N-dealkylation sites (tertiary alicyclic amines) is 1. The number of carbonyl (C=O) groups excluding carboxylic acids is 5. The van der Waals surface area contributed by atoms with Gasteiger partial charge in [0.15, 0.2) is 5.67 Å². The van der Waals surface area contributed by atoms with E-state index in [0.717, 1.165) is 49.8 Å². The predicted octanol–water partition coefficient (Wildman–Crippen LogP) is 6.81. The molecule has 1 unspecified atom stereocenters. The molecule has 4 amide bonds. The van der Waals surface area contributed by atoms with Crippen LogP contribution in [0.25, 0.3) is 33.3 Å². The van der Waals surface area contributed by atoms with Crippen LogP contribution in [0.1, 0.15) is 77.0 Å². The topological polar surface area (TPSA) is 163 Å². The van der Waals surface area contributed by atoms with Crippen LogP contribution in [0.4, 0.5) is 4.39 Å². The molecule has 0 aliphatic carbocycles. The molecule has 3 aromatic carbocycles. The molecule has 4 heterocycles. The molecule has 3 aliphatic rings. The lowest BCUT2D eigenvalue weighted by Gasteiger charge is -2.38. The zero-order valence-electron chi connectivity index (χ0n) is 40.4. The van der Waals surface area contributed by atoms with E-state index in [0.29, 0.717) is 55.5 Å². The number of methoxy groups -OCH3 is 1. The van der Waals surface area contributed by atoms with Gasteiger partial charge in [0.25, 0.3) is 17.7 Å². The van der Waals surface area contributed by atoms with Gasteiger partial charge in [-0.25, -0.2) is 9.82 Å². The Bertz CT molecular complexity index is 2640. The number of hydrazine groups is 1. The number of piperidine rings is 1. The number of allylic oxidation sites excluding steroid dienone is 1. The summed E-state index contributed by atoms with van der Waals surface area (Å²) in [5, 5.41) is 16.5. The summed E-state index contributed by atoms with van der Waals surface area (Å²) in [5.74, 6) is -3.21. The molecule has 15 heteroatoms. The fourth-order valence-corrected chi connectivity index (χ4v) is 9.96. The highest BCUT2D eigenvalue weighted by atomic mass is 19.1. The Balaban J connectivity index is 1.30. The zero-order chi connectivity index (χ0) is 49.1. The van der Waals surface area contributed by atoms with Gasteiger partial charge in [-0.2, -0.15) is 0 Å². The molecule has 3 N–H and O–H groups in total. The number of amides is 4. The average molecular weight is 933 g/mol. The van der Waals surface area contributed by atoms with Gasteiger partial charge in [0, 0.05) is 81.5 Å². The number of ether oxygens (including phenoxy) is 2. The summed E-state index contributed by atoms with van der Waals surface area (Å²) >= 11 is 0. The van der Waals surface area contributed by atoms with Gasteiger partial charge in [0.05, 0.1) is 18.9 Å². The van der Waals surface area contributed by atoms with Crippen molar-refractivity contribution in [3.63, 3.8) is 0 Å². The third-order valence-electron chi connectivity index (χ3n) is 13.4. The van der Waals surface area contributed by atoms with Crippen LogP contribution in [0.2, 0.25) is 0 Å². The summed E-state index contributed by atoms with van der Waals surface area (Å²) in [5.41, 5.74) is 7.91. The number of halogens is 1. The maximum Gasteiger partial charge on any atom is 0.324 e. The van der Waals surface area contributed by atoms with E-state index in [2.05, 4.69) is 66.9 Å². The summed E-state index contributed by atoms with van der Waals surface area (Å²) in [6.45, 7) is 14.6. The minimum Gasteiger partial charge on any atom is -0.508 e. The molecule has 6 bridgehead atoms. The molecule has 68 heavy (non-hydrogen) atoms. The Kier molecular flexibility index (Phi) is 14.9. The molecule has 1 aromatic heterocycles. The number of likely N-dealkylation sites (N-methyl/N-ethyl adjacent to an activating group) is 1. The van der Waals surface area contributed by atoms with Crippen LogP contribution in [0, 0.1) is 5.41 Å². The van der Waals surface area contributed by atoms with Crippen molar-refractivity contribution in [3.05, 3.63) is 101 Å². The first-order valence-electron chi connectivity index (χ1n) is 23.5. The molecule has 2 fully saturated rings. The number of alkyl halides is 1. The number of hydrogen-bond acceptors (Lipinski definition) is 9. The van der Waals surface area contributed by atoms with Crippen LogP contribution in [-0.4, -0.2) is 119 Å². The van der Waals surface area contributed by atoms with E-state index < -0.39 is 46.9 Å². The van der Waals surface area contributed by atoms with Crippen LogP contribution >= 0.6 is 0 Å². The smallest absolute Gasteiger partial charge is 0.324 e. The predicted molar refractivity (Wildman–Crippen MR) is 259 cm³/mol. The van der Waals surface area contributed by atoms with Crippen molar-refractivity contribution >= 4 is 40.5 Å². The lowest BCUT2D eigenvalue weighted by atomic mass is 9.83. The molecule has 2 atom stereocenters. The Labute approximate surface area is 398 Å². The van der Waals surface area contributed by atoms with Crippen LogP contribution in [-0.2, 0) is 59.3 Å². The van der Waals surface area contributed by atoms with Crippen LogP contribution in [0.15, 0.2) is 84.6 Å². The number of rotatable bonds is 10. The number of nitrogens with zero attached hydrogens (tertiary/aromatic N) is 4. The molecule has 2 saturated heterocycles. The van der Waals surface area contributed by atoms with Crippen molar-refractivity contribution in [2.24, 2.45) is 5.41 Å². The number of hydrogen-bond donors (Lipinski definition) is 3. The van der Waals surface area contributed by atoms with Gasteiger partial charge in [0.1, 0.15) is 23.5 Å². The molecule has 7 rings (SSSR count). The number of carbonyl (C=O) groups is 5. The van der Waals surface area contributed by atoms with E-state index in [1.54, 1.807) is 33.1 Å². The maximum atomic E-state index is 16.4. The summed E-state index contributed by atoms with van der Waals surface area (Å²) < 4.78 is 30.4. The van der Waals surface area contributed by atoms with Gasteiger partial charge >= 0.3 is 5.97 Å². The van der Waals surface area contributed by atoms with E-state index in [1.807, 2.05) is 24.3 Å². The molecule has 0 spiro atoms. The largest absolute Gasteiger partial charge is 0.508 e. The number of nitrogens with one attached hydrogen (secondary N) is 2.